The average molecular weight is 382 g/mol. The Morgan fingerprint density at radius 3 is 2.42 bits per heavy atom. The zero-order valence-electron chi connectivity index (χ0n) is 14.1. The van der Waals surface area contributed by atoms with Gasteiger partial charge in [-0.2, -0.15) is 4.68 Å². The summed E-state index contributed by atoms with van der Waals surface area (Å²) >= 11 is 0.926. The van der Waals surface area contributed by atoms with Gasteiger partial charge in [-0.1, -0.05) is 23.9 Å². The lowest BCUT2D eigenvalue weighted by molar-refractivity contribution is 0.422. The summed E-state index contributed by atoms with van der Waals surface area (Å²) < 4.78 is 56.5. The number of aryl methyl sites for hydroxylation is 2. The Kier molecular flexibility index (Phi) is 4.99. The van der Waals surface area contributed by atoms with E-state index in [0.717, 1.165) is 35.5 Å². The van der Waals surface area contributed by atoms with Crippen LogP contribution in [0.1, 0.15) is 22.3 Å². The molecule has 0 aliphatic carbocycles. The first kappa shape index (κ1) is 18.4. The molecule has 0 fully saturated rings. The highest BCUT2D eigenvalue weighted by Crippen LogP contribution is 2.30. The maximum absolute atomic E-state index is 14.2. The van der Waals surface area contributed by atoms with Crippen LogP contribution in [0.4, 0.5) is 17.6 Å². The average Bonchev–Trinajstić information content (AvgIpc) is 3.08. The molecule has 1 aromatic heterocycles. The number of rotatable bonds is 4. The number of hydrogen-bond donors (Lipinski definition) is 0. The molecule has 0 spiro atoms. The largest absolute Gasteiger partial charge is 0.214 e. The van der Waals surface area contributed by atoms with Crippen LogP contribution < -0.4 is 0 Å². The molecule has 0 N–H and O–H groups in total. The first-order valence-corrected chi connectivity index (χ1v) is 8.60. The molecule has 1 heterocycles. The molecule has 26 heavy (non-hydrogen) atoms. The van der Waals surface area contributed by atoms with Crippen molar-refractivity contribution in [2.75, 3.05) is 0 Å². The number of tetrazole rings is 1. The second kappa shape index (κ2) is 7.06. The van der Waals surface area contributed by atoms with Crippen LogP contribution in [0.5, 0.6) is 0 Å². The van der Waals surface area contributed by atoms with Crippen molar-refractivity contribution in [3.63, 3.8) is 0 Å². The van der Waals surface area contributed by atoms with Gasteiger partial charge in [0.25, 0.3) is 0 Å². The van der Waals surface area contributed by atoms with Gasteiger partial charge < -0.3 is 0 Å². The lowest BCUT2D eigenvalue weighted by Gasteiger charge is -2.11. The van der Waals surface area contributed by atoms with Crippen LogP contribution in [0.3, 0.4) is 0 Å². The molecule has 4 nitrogen and oxygen atoms in total. The van der Waals surface area contributed by atoms with Crippen LogP contribution in [0.25, 0.3) is 5.69 Å². The fourth-order valence-corrected chi connectivity index (χ4v) is 3.32. The van der Waals surface area contributed by atoms with Gasteiger partial charge in [-0.25, -0.2) is 17.6 Å². The number of halogens is 4. The second-order valence-electron chi connectivity index (χ2n) is 5.81. The minimum absolute atomic E-state index is 0.278. The smallest absolute Gasteiger partial charge is 0.206 e. The van der Waals surface area contributed by atoms with Crippen molar-refractivity contribution in [1.29, 1.82) is 0 Å². The van der Waals surface area contributed by atoms with E-state index in [2.05, 4.69) is 15.5 Å². The molecule has 0 aliphatic rings. The van der Waals surface area contributed by atoms with Crippen molar-refractivity contribution in [2.45, 2.75) is 31.7 Å². The Labute approximate surface area is 151 Å². The quantitative estimate of drug-likeness (QED) is 0.290. The molecule has 0 saturated heterocycles. The summed E-state index contributed by atoms with van der Waals surface area (Å²) in [5.41, 5.74) is 1.51. The van der Waals surface area contributed by atoms with Crippen molar-refractivity contribution in [3.8, 4) is 5.69 Å². The highest BCUT2D eigenvalue weighted by atomic mass is 32.2. The third kappa shape index (κ3) is 3.18. The molecule has 0 bridgehead atoms. The van der Waals surface area contributed by atoms with Crippen LogP contribution >= 0.6 is 11.8 Å². The van der Waals surface area contributed by atoms with Crippen LogP contribution in [-0.4, -0.2) is 20.2 Å². The first-order chi connectivity index (χ1) is 12.3. The third-order valence-corrected chi connectivity index (χ3v) is 4.90. The monoisotopic (exact) mass is 382 g/mol. The molecule has 0 saturated carbocycles. The number of hydrogen-bond acceptors (Lipinski definition) is 4. The molecule has 0 aliphatic heterocycles. The summed E-state index contributed by atoms with van der Waals surface area (Å²) in [6.45, 7) is 4.85. The standard InChI is InChI=1S/C17H14F4N4S/c1-8-4-5-9(2)12(6-8)25-17(22-23-24-25)26-7-11-13(18)10(3)14(19)16(21)15(11)20/h4-6H,7H2,1-3H3. The third-order valence-electron chi connectivity index (χ3n) is 3.95. The molecule has 3 aromatic rings. The summed E-state index contributed by atoms with van der Waals surface area (Å²) in [5.74, 6) is -6.15. The van der Waals surface area contributed by atoms with E-state index in [4.69, 9.17) is 0 Å². The molecule has 0 unspecified atom stereocenters. The van der Waals surface area contributed by atoms with Gasteiger partial charge in [0.2, 0.25) is 5.16 Å². The zero-order chi connectivity index (χ0) is 19.0. The Hall–Kier alpha value is -2.42. The van der Waals surface area contributed by atoms with Crippen molar-refractivity contribution in [3.05, 3.63) is 63.7 Å². The molecule has 136 valence electrons. The van der Waals surface area contributed by atoms with E-state index < -0.39 is 34.4 Å². The Morgan fingerprint density at radius 2 is 1.69 bits per heavy atom. The van der Waals surface area contributed by atoms with Crippen molar-refractivity contribution >= 4 is 11.8 Å². The summed E-state index contributed by atoms with van der Waals surface area (Å²) in [6.07, 6.45) is 0. The lowest BCUT2D eigenvalue weighted by atomic mass is 10.1. The van der Waals surface area contributed by atoms with Gasteiger partial charge in [-0.05, 0) is 48.4 Å². The van der Waals surface area contributed by atoms with Crippen LogP contribution in [0, 0.1) is 44.0 Å². The van der Waals surface area contributed by atoms with Gasteiger partial charge in [0.05, 0.1) is 5.69 Å². The van der Waals surface area contributed by atoms with E-state index in [1.165, 1.54) is 4.68 Å². The van der Waals surface area contributed by atoms with Gasteiger partial charge in [0, 0.05) is 16.9 Å². The Bertz CT molecular complexity index is 958. The second-order valence-corrected chi connectivity index (χ2v) is 6.75. The van der Waals surface area contributed by atoms with Gasteiger partial charge in [0.1, 0.15) is 5.82 Å². The van der Waals surface area contributed by atoms with Crippen LogP contribution in [0.2, 0.25) is 0 Å². The van der Waals surface area contributed by atoms with Crippen molar-refractivity contribution < 1.29 is 17.6 Å². The van der Waals surface area contributed by atoms with E-state index in [0.29, 0.717) is 0 Å². The Balaban J connectivity index is 1.94. The summed E-state index contributed by atoms with van der Waals surface area (Å²) in [6, 6.07) is 5.71. The van der Waals surface area contributed by atoms with E-state index in [1.807, 2.05) is 32.0 Å². The van der Waals surface area contributed by atoms with E-state index in [-0.39, 0.29) is 10.9 Å². The normalized spacial score (nSPS) is 11.2. The number of nitrogens with zero attached hydrogens (tertiary/aromatic N) is 4. The summed E-state index contributed by atoms with van der Waals surface area (Å²) in [5, 5.41) is 11.6. The lowest BCUT2D eigenvalue weighted by Crippen LogP contribution is -2.06. The highest BCUT2D eigenvalue weighted by Gasteiger charge is 2.23. The molecule has 3 rings (SSSR count). The van der Waals surface area contributed by atoms with Crippen molar-refractivity contribution in [2.24, 2.45) is 0 Å². The SMILES string of the molecule is Cc1ccc(C)c(-n2nnnc2SCc2c(F)c(C)c(F)c(F)c2F)c1. The summed E-state index contributed by atoms with van der Waals surface area (Å²) in [7, 11) is 0. The highest BCUT2D eigenvalue weighted by molar-refractivity contribution is 7.98. The van der Waals surface area contributed by atoms with Gasteiger partial charge >= 0.3 is 0 Å². The maximum Gasteiger partial charge on any atom is 0.214 e. The number of benzene rings is 2. The van der Waals surface area contributed by atoms with E-state index in [9.17, 15) is 17.6 Å². The molecule has 9 heteroatoms. The van der Waals surface area contributed by atoms with Gasteiger partial charge in [-0.15, -0.1) is 5.10 Å². The molecular weight excluding hydrogens is 368 g/mol. The fourth-order valence-electron chi connectivity index (χ4n) is 2.44. The summed E-state index contributed by atoms with van der Waals surface area (Å²) in [4.78, 5) is 0. The molecule has 0 atom stereocenters. The topological polar surface area (TPSA) is 43.6 Å². The predicted molar refractivity (Wildman–Crippen MR) is 89.2 cm³/mol. The Morgan fingerprint density at radius 1 is 0.962 bits per heavy atom. The van der Waals surface area contributed by atoms with E-state index in [1.54, 1.807) is 0 Å². The van der Waals surface area contributed by atoms with Crippen molar-refractivity contribution in [1.82, 2.24) is 20.2 Å². The number of thioether (sulfide) groups is 1. The van der Waals surface area contributed by atoms with E-state index >= 15 is 0 Å². The molecule has 2 aromatic carbocycles. The maximum atomic E-state index is 14.2. The first-order valence-electron chi connectivity index (χ1n) is 7.61. The number of aromatic nitrogens is 4. The molecule has 0 amide bonds. The predicted octanol–water partition coefficient (Wildman–Crippen LogP) is 4.44. The zero-order valence-corrected chi connectivity index (χ0v) is 15.0. The minimum Gasteiger partial charge on any atom is -0.206 e. The van der Waals surface area contributed by atoms with Crippen LogP contribution in [-0.2, 0) is 5.75 Å². The van der Waals surface area contributed by atoms with Crippen LogP contribution in [0.15, 0.2) is 23.4 Å². The fraction of sp³-hybridized carbons (Fsp3) is 0.235. The molecule has 0 radical (unpaired) electrons. The minimum atomic E-state index is -1.69. The van der Waals surface area contributed by atoms with Gasteiger partial charge in [-0.3, -0.25) is 0 Å². The molecular formula is C17H14F4N4S. The van der Waals surface area contributed by atoms with Gasteiger partial charge in [0.15, 0.2) is 17.5 Å².